The van der Waals surface area contributed by atoms with Gasteiger partial charge in [-0.2, -0.15) is 0 Å². The molecule has 2 heterocycles. The van der Waals surface area contributed by atoms with Gasteiger partial charge < -0.3 is 15.4 Å². The Morgan fingerprint density at radius 3 is 2.46 bits per heavy atom. The molecule has 13 heavy (non-hydrogen) atoms. The molecule has 74 valence electrons. The van der Waals surface area contributed by atoms with Crippen LogP contribution >= 0.6 is 12.2 Å². The lowest BCUT2D eigenvalue weighted by atomic mass is 9.89. The van der Waals surface area contributed by atoms with Crippen molar-refractivity contribution in [1.82, 2.24) is 4.90 Å². The van der Waals surface area contributed by atoms with E-state index >= 15 is 0 Å². The minimum Gasteiger partial charge on any atom is -0.376 e. The van der Waals surface area contributed by atoms with Gasteiger partial charge in [-0.05, 0) is 37.9 Å². The summed E-state index contributed by atoms with van der Waals surface area (Å²) in [4.78, 5) is 2.07. The van der Waals surface area contributed by atoms with Crippen molar-refractivity contribution in [3.8, 4) is 0 Å². The van der Waals surface area contributed by atoms with E-state index in [1.54, 1.807) is 0 Å². The maximum absolute atomic E-state index is 5.80. The highest BCUT2D eigenvalue weighted by Crippen LogP contribution is 2.35. The van der Waals surface area contributed by atoms with E-state index in [0.717, 1.165) is 32.5 Å². The van der Waals surface area contributed by atoms with E-state index in [1.165, 1.54) is 12.8 Å². The van der Waals surface area contributed by atoms with E-state index in [4.69, 9.17) is 22.7 Å². The maximum atomic E-state index is 5.80. The van der Waals surface area contributed by atoms with Gasteiger partial charge in [0, 0.05) is 19.7 Å². The molecule has 1 spiro atoms. The van der Waals surface area contributed by atoms with Gasteiger partial charge >= 0.3 is 0 Å². The minimum atomic E-state index is 0.182. The van der Waals surface area contributed by atoms with Crippen LogP contribution in [0.15, 0.2) is 0 Å². The molecule has 0 atom stereocenters. The van der Waals surface area contributed by atoms with E-state index in [2.05, 4.69) is 4.90 Å². The van der Waals surface area contributed by atoms with Crippen LogP contribution in [0.5, 0.6) is 0 Å². The normalized spacial score (nSPS) is 26.6. The molecule has 0 aromatic heterocycles. The lowest BCUT2D eigenvalue weighted by Gasteiger charge is -2.38. The van der Waals surface area contributed by atoms with Gasteiger partial charge in [0.25, 0.3) is 0 Å². The quantitative estimate of drug-likeness (QED) is 0.589. The van der Waals surface area contributed by atoms with Crippen LogP contribution in [0.3, 0.4) is 0 Å². The zero-order valence-electron chi connectivity index (χ0n) is 7.79. The van der Waals surface area contributed by atoms with Crippen molar-refractivity contribution in [3.63, 3.8) is 0 Å². The summed E-state index contributed by atoms with van der Waals surface area (Å²) in [7, 11) is 0. The van der Waals surface area contributed by atoms with E-state index in [1.807, 2.05) is 0 Å². The summed E-state index contributed by atoms with van der Waals surface area (Å²) in [5.74, 6) is 0. The first-order valence-corrected chi connectivity index (χ1v) is 5.31. The number of hydrogen-bond donors (Lipinski definition) is 1. The van der Waals surface area contributed by atoms with Gasteiger partial charge in [-0.25, -0.2) is 0 Å². The van der Waals surface area contributed by atoms with Gasteiger partial charge in [0.2, 0.25) is 0 Å². The molecule has 2 fully saturated rings. The van der Waals surface area contributed by atoms with Crippen LogP contribution in [0.25, 0.3) is 0 Å². The molecule has 0 aromatic rings. The van der Waals surface area contributed by atoms with Crippen LogP contribution in [0, 0.1) is 0 Å². The van der Waals surface area contributed by atoms with E-state index in [-0.39, 0.29) is 5.60 Å². The van der Waals surface area contributed by atoms with Crippen LogP contribution < -0.4 is 5.73 Å². The van der Waals surface area contributed by atoms with E-state index in [9.17, 15) is 0 Å². The number of nitrogens with zero attached hydrogens (tertiary/aromatic N) is 1. The molecule has 4 heteroatoms. The van der Waals surface area contributed by atoms with Crippen molar-refractivity contribution in [3.05, 3.63) is 0 Å². The molecular weight excluding hydrogens is 184 g/mol. The molecule has 0 aromatic carbocycles. The highest BCUT2D eigenvalue weighted by molar-refractivity contribution is 7.80. The average molecular weight is 200 g/mol. The summed E-state index contributed by atoms with van der Waals surface area (Å²) in [5.41, 5.74) is 5.75. The number of thiocarbonyl (C=S) groups is 1. The number of likely N-dealkylation sites (tertiary alicyclic amines) is 1. The molecule has 2 aliphatic heterocycles. The van der Waals surface area contributed by atoms with E-state index < -0.39 is 0 Å². The summed E-state index contributed by atoms with van der Waals surface area (Å²) in [6.45, 7) is 2.87. The summed E-state index contributed by atoms with van der Waals surface area (Å²) in [6.07, 6.45) is 4.61. The predicted molar refractivity (Wildman–Crippen MR) is 55.5 cm³/mol. The summed E-state index contributed by atoms with van der Waals surface area (Å²) in [5, 5.41) is 0.535. The lowest BCUT2D eigenvalue weighted by molar-refractivity contribution is -0.0326. The van der Waals surface area contributed by atoms with Gasteiger partial charge in [0.15, 0.2) is 5.11 Å². The van der Waals surface area contributed by atoms with Crippen LogP contribution in [-0.4, -0.2) is 35.3 Å². The maximum Gasteiger partial charge on any atom is 0.166 e. The van der Waals surface area contributed by atoms with Gasteiger partial charge in [0.05, 0.1) is 5.60 Å². The predicted octanol–water partition coefficient (Wildman–Crippen LogP) is 0.875. The Morgan fingerprint density at radius 1 is 1.31 bits per heavy atom. The summed E-state index contributed by atoms with van der Waals surface area (Å²) in [6, 6.07) is 0. The first-order valence-electron chi connectivity index (χ1n) is 4.90. The van der Waals surface area contributed by atoms with Crippen molar-refractivity contribution >= 4 is 17.3 Å². The van der Waals surface area contributed by atoms with Crippen LogP contribution in [0.1, 0.15) is 25.7 Å². The van der Waals surface area contributed by atoms with Gasteiger partial charge in [-0.3, -0.25) is 0 Å². The molecule has 2 saturated heterocycles. The van der Waals surface area contributed by atoms with Crippen LogP contribution in [0.2, 0.25) is 0 Å². The molecule has 2 rings (SSSR count). The molecule has 2 aliphatic rings. The second-order valence-electron chi connectivity index (χ2n) is 3.96. The first kappa shape index (κ1) is 9.21. The second-order valence-corrected chi connectivity index (χ2v) is 4.38. The molecule has 3 nitrogen and oxygen atoms in total. The van der Waals surface area contributed by atoms with Gasteiger partial charge in [-0.1, -0.05) is 0 Å². The minimum absolute atomic E-state index is 0.182. The van der Waals surface area contributed by atoms with Crippen molar-refractivity contribution < 1.29 is 4.74 Å². The highest BCUT2D eigenvalue weighted by atomic mass is 32.1. The fourth-order valence-electron chi connectivity index (χ4n) is 2.28. The summed E-state index contributed by atoms with van der Waals surface area (Å²) < 4.78 is 5.80. The number of nitrogens with two attached hydrogens (primary N) is 1. The zero-order valence-corrected chi connectivity index (χ0v) is 8.61. The smallest absolute Gasteiger partial charge is 0.166 e. The number of piperidine rings is 1. The Labute approximate surface area is 84.2 Å². The number of rotatable bonds is 0. The third-order valence-corrected chi connectivity index (χ3v) is 3.43. The Morgan fingerprint density at radius 2 is 2.00 bits per heavy atom. The molecule has 0 unspecified atom stereocenters. The molecule has 0 radical (unpaired) electrons. The number of hydrogen-bond acceptors (Lipinski definition) is 2. The second kappa shape index (κ2) is 3.42. The monoisotopic (exact) mass is 200 g/mol. The standard InChI is InChI=1S/C9H16N2OS/c10-8(13)11-5-3-9(4-6-11)2-1-7-12-9/h1-7H2,(H2,10,13). The van der Waals surface area contributed by atoms with Crippen molar-refractivity contribution in [1.29, 1.82) is 0 Å². The molecule has 0 bridgehead atoms. The van der Waals surface area contributed by atoms with E-state index in [0.29, 0.717) is 5.11 Å². The average Bonchev–Trinajstić information content (AvgIpc) is 2.54. The molecule has 0 aliphatic carbocycles. The summed E-state index contributed by atoms with van der Waals surface area (Å²) >= 11 is 4.94. The Bertz CT molecular complexity index is 204. The topological polar surface area (TPSA) is 38.5 Å². The fraction of sp³-hybridized carbons (Fsp3) is 0.889. The third-order valence-electron chi connectivity index (χ3n) is 3.17. The molecule has 0 amide bonds. The van der Waals surface area contributed by atoms with Crippen molar-refractivity contribution in [2.45, 2.75) is 31.3 Å². The van der Waals surface area contributed by atoms with Crippen LogP contribution in [-0.2, 0) is 4.74 Å². The largest absolute Gasteiger partial charge is 0.376 e. The lowest BCUT2D eigenvalue weighted by Crippen LogP contribution is -2.48. The SMILES string of the molecule is NC(=S)N1CCC2(CCCO2)CC1. The Kier molecular flexibility index (Phi) is 2.43. The molecular formula is C9H16N2OS. The number of ether oxygens (including phenoxy) is 1. The van der Waals surface area contributed by atoms with Crippen molar-refractivity contribution in [2.75, 3.05) is 19.7 Å². The van der Waals surface area contributed by atoms with Gasteiger partial charge in [0.1, 0.15) is 0 Å². The zero-order chi connectivity index (χ0) is 9.31. The highest BCUT2D eigenvalue weighted by Gasteiger charge is 2.38. The first-order chi connectivity index (χ1) is 6.22. The third kappa shape index (κ3) is 1.79. The Balaban J connectivity index is 1.91. The van der Waals surface area contributed by atoms with Crippen LogP contribution in [0.4, 0.5) is 0 Å². The fourth-order valence-corrected chi connectivity index (χ4v) is 2.47. The van der Waals surface area contributed by atoms with Crippen molar-refractivity contribution in [2.24, 2.45) is 5.73 Å². The molecule has 2 N–H and O–H groups in total. The molecule has 0 saturated carbocycles. The van der Waals surface area contributed by atoms with Gasteiger partial charge in [-0.15, -0.1) is 0 Å². The Hall–Kier alpha value is -0.350.